The number of carbonyl (C=O) groups is 1. The number of oxime groups is 1. The summed E-state index contributed by atoms with van der Waals surface area (Å²) >= 11 is 0. The highest BCUT2D eigenvalue weighted by molar-refractivity contribution is 5.97. The van der Waals surface area contributed by atoms with Crippen molar-refractivity contribution in [1.29, 1.82) is 0 Å². The highest BCUT2D eigenvalue weighted by Gasteiger charge is 1.95. The number of hydrogen-bond acceptors (Lipinski definition) is 3. The topological polar surface area (TPSA) is 38.7 Å². The summed E-state index contributed by atoms with van der Waals surface area (Å²) in [6.07, 6.45) is 1.05. The summed E-state index contributed by atoms with van der Waals surface area (Å²) in [4.78, 5) is 14.8. The second-order valence-corrected chi connectivity index (χ2v) is 2.07. The van der Waals surface area contributed by atoms with Crippen molar-refractivity contribution in [3.8, 4) is 0 Å². The molecule has 0 amide bonds. The van der Waals surface area contributed by atoms with Gasteiger partial charge in [0.2, 0.25) is 0 Å². The molecule has 0 heterocycles. The van der Waals surface area contributed by atoms with Crippen LogP contribution in [0.3, 0.4) is 0 Å². The average Bonchev–Trinajstić information content (AvgIpc) is 1.99. The summed E-state index contributed by atoms with van der Waals surface area (Å²) in [6, 6.07) is 0. The molecule has 0 fully saturated rings. The smallest absolute Gasteiger partial charge is 0.313 e. The van der Waals surface area contributed by atoms with Crippen molar-refractivity contribution in [3.05, 3.63) is 24.8 Å². The molecule has 60 valence electrons. The maximum atomic E-state index is 10.5. The van der Waals surface area contributed by atoms with Crippen LogP contribution in [0.2, 0.25) is 0 Å². The normalized spacial score (nSPS) is 10.5. The zero-order chi connectivity index (χ0) is 8.85. The van der Waals surface area contributed by atoms with E-state index in [9.17, 15) is 4.79 Å². The van der Waals surface area contributed by atoms with Gasteiger partial charge >= 0.3 is 5.97 Å². The largest absolute Gasteiger partial charge is 0.358 e. The Morgan fingerprint density at radius 2 is 2.09 bits per heavy atom. The van der Waals surface area contributed by atoms with Gasteiger partial charge in [-0.2, -0.15) is 0 Å². The van der Waals surface area contributed by atoms with E-state index in [1.54, 1.807) is 13.8 Å². The molecule has 0 saturated carbocycles. The molecule has 0 radical (unpaired) electrons. The summed E-state index contributed by atoms with van der Waals surface area (Å²) < 4.78 is 0. The molecule has 0 aromatic rings. The lowest BCUT2D eigenvalue weighted by Gasteiger charge is -1.95. The summed E-state index contributed by atoms with van der Waals surface area (Å²) in [7, 11) is 0. The molecule has 3 heteroatoms. The third kappa shape index (κ3) is 4.08. The lowest BCUT2D eigenvalue weighted by molar-refractivity contribution is -0.137. The Morgan fingerprint density at radius 1 is 1.55 bits per heavy atom. The lowest BCUT2D eigenvalue weighted by atomic mass is 10.2. The second-order valence-electron chi connectivity index (χ2n) is 2.07. The molecule has 3 nitrogen and oxygen atoms in total. The molecular weight excluding hydrogens is 142 g/mol. The minimum atomic E-state index is -0.564. The Labute approximate surface area is 66.0 Å². The van der Waals surface area contributed by atoms with Crippen LogP contribution in [-0.4, -0.2) is 11.7 Å². The standard InChI is InChI=1S/C8H11NO2/c1-5-8(10)11-9-7(4)6(2)3/h5H,1-2H2,3-4H3/b9-7-. The first-order valence-corrected chi connectivity index (χ1v) is 3.11. The van der Waals surface area contributed by atoms with Gasteiger partial charge in [0.1, 0.15) is 0 Å². The number of carbonyl (C=O) groups excluding carboxylic acids is 1. The Balaban J connectivity index is 4.02. The van der Waals surface area contributed by atoms with Gasteiger partial charge in [-0.3, -0.25) is 0 Å². The highest BCUT2D eigenvalue weighted by Crippen LogP contribution is 1.93. The molecule has 0 aromatic carbocycles. The van der Waals surface area contributed by atoms with Gasteiger partial charge in [0.05, 0.1) is 5.71 Å². The molecule has 0 N–H and O–H groups in total. The summed E-state index contributed by atoms with van der Waals surface area (Å²) in [5.74, 6) is -0.564. The SMILES string of the molecule is C=CC(=O)O/N=C(/C)C(=C)C. The van der Waals surface area contributed by atoms with E-state index in [2.05, 4.69) is 23.2 Å². The highest BCUT2D eigenvalue weighted by atomic mass is 16.7. The molecule has 0 unspecified atom stereocenters. The molecule has 0 atom stereocenters. The first-order valence-electron chi connectivity index (χ1n) is 3.11. The predicted molar refractivity (Wildman–Crippen MR) is 44.2 cm³/mol. The van der Waals surface area contributed by atoms with Gasteiger partial charge < -0.3 is 4.84 Å². The number of hydrogen-bond donors (Lipinski definition) is 0. The fourth-order valence-corrected chi connectivity index (χ4v) is 0.229. The molecule has 0 aliphatic rings. The zero-order valence-corrected chi connectivity index (χ0v) is 6.76. The van der Waals surface area contributed by atoms with Crippen LogP contribution in [0.5, 0.6) is 0 Å². The van der Waals surface area contributed by atoms with Crippen LogP contribution in [0.15, 0.2) is 30.0 Å². The summed E-state index contributed by atoms with van der Waals surface area (Å²) in [5, 5.41) is 3.49. The van der Waals surface area contributed by atoms with E-state index in [1.165, 1.54) is 0 Å². The maximum absolute atomic E-state index is 10.5. The van der Waals surface area contributed by atoms with Crippen LogP contribution >= 0.6 is 0 Å². The van der Waals surface area contributed by atoms with Crippen LogP contribution in [0.4, 0.5) is 0 Å². The van der Waals surface area contributed by atoms with E-state index in [1.807, 2.05) is 0 Å². The quantitative estimate of drug-likeness (QED) is 0.268. The molecule has 0 aromatic heterocycles. The Morgan fingerprint density at radius 3 is 2.45 bits per heavy atom. The fraction of sp³-hybridized carbons (Fsp3) is 0.250. The van der Waals surface area contributed by atoms with E-state index in [-0.39, 0.29) is 0 Å². The molecule has 0 bridgehead atoms. The van der Waals surface area contributed by atoms with Gasteiger partial charge in [0.15, 0.2) is 0 Å². The molecule has 0 aliphatic heterocycles. The molecule has 11 heavy (non-hydrogen) atoms. The average molecular weight is 153 g/mol. The first-order chi connectivity index (χ1) is 5.07. The maximum Gasteiger partial charge on any atom is 0.358 e. The van der Waals surface area contributed by atoms with E-state index in [4.69, 9.17) is 0 Å². The summed E-state index contributed by atoms with van der Waals surface area (Å²) in [5.41, 5.74) is 1.36. The number of allylic oxidation sites excluding steroid dienone is 1. The minimum absolute atomic E-state index is 0.564. The lowest BCUT2D eigenvalue weighted by Crippen LogP contribution is -1.98. The van der Waals surface area contributed by atoms with Crippen LogP contribution in [0, 0.1) is 0 Å². The van der Waals surface area contributed by atoms with E-state index < -0.39 is 5.97 Å². The van der Waals surface area contributed by atoms with E-state index in [0.717, 1.165) is 11.6 Å². The second kappa shape index (κ2) is 4.44. The van der Waals surface area contributed by atoms with Crippen molar-refractivity contribution < 1.29 is 9.63 Å². The van der Waals surface area contributed by atoms with Gasteiger partial charge in [-0.25, -0.2) is 4.79 Å². The van der Waals surface area contributed by atoms with Crippen LogP contribution in [0.1, 0.15) is 13.8 Å². The molecule has 0 saturated heterocycles. The molecule has 0 aliphatic carbocycles. The van der Waals surface area contributed by atoms with Crippen molar-refractivity contribution in [2.75, 3.05) is 0 Å². The summed E-state index contributed by atoms with van der Waals surface area (Å²) in [6.45, 7) is 10.3. The molecule has 0 rings (SSSR count). The van der Waals surface area contributed by atoms with Gasteiger partial charge in [0, 0.05) is 6.08 Å². The predicted octanol–water partition coefficient (Wildman–Crippen LogP) is 1.67. The Kier molecular flexibility index (Phi) is 3.88. The monoisotopic (exact) mass is 153 g/mol. The van der Waals surface area contributed by atoms with Crippen molar-refractivity contribution >= 4 is 11.7 Å². The zero-order valence-electron chi connectivity index (χ0n) is 6.76. The van der Waals surface area contributed by atoms with Gasteiger partial charge in [-0.05, 0) is 19.4 Å². The van der Waals surface area contributed by atoms with Gasteiger partial charge in [-0.1, -0.05) is 18.3 Å². The Bertz CT molecular complexity index is 216. The van der Waals surface area contributed by atoms with E-state index in [0.29, 0.717) is 5.71 Å². The third-order valence-corrected chi connectivity index (χ3v) is 1.06. The number of nitrogens with zero attached hydrogens (tertiary/aromatic N) is 1. The fourth-order valence-electron chi connectivity index (χ4n) is 0.229. The number of rotatable bonds is 3. The molecule has 0 spiro atoms. The van der Waals surface area contributed by atoms with Crippen molar-refractivity contribution in [2.24, 2.45) is 5.16 Å². The van der Waals surface area contributed by atoms with Crippen LogP contribution in [-0.2, 0) is 9.63 Å². The van der Waals surface area contributed by atoms with Crippen molar-refractivity contribution in [2.45, 2.75) is 13.8 Å². The minimum Gasteiger partial charge on any atom is -0.313 e. The Hall–Kier alpha value is -1.38. The first kappa shape index (κ1) is 9.62. The van der Waals surface area contributed by atoms with Gasteiger partial charge in [-0.15, -0.1) is 0 Å². The molecular formula is C8H11NO2. The van der Waals surface area contributed by atoms with Crippen LogP contribution in [0.25, 0.3) is 0 Å². The van der Waals surface area contributed by atoms with Gasteiger partial charge in [0.25, 0.3) is 0 Å². The van der Waals surface area contributed by atoms with Crippen LogP contribution < -0.4 is 0 Å². The van der Waals surface area contributed by atoms with Crippen molar-refractivity contribution in [3.63, 3.8) is 0 Å². The van der Waals surface area contributed by atoms with Crippen molar-refractivity contribution in [1.82, 2.24) is 0 Å². The third-order valence-electron chi connectivity index (χ3n) is 1.06. The van der Waals surface area contributed by atoms with E-state index >= 15 is 0 Å².